The first-order valence-electron chi connectivity index (χ1n) is 3.76. The summed E-state index contributed by atoms with van der Waals surface area (Å²) in [6.45, 7) is 0. The van der Waals surface area contributed by atoms with Crippen molar-refractivity contribution in [2.45, 2.75) is 0 Å². The van der Waals surface area contributed by atoms with Gasteiger partial charge in [0.05, 0.1) is 5.39 Å². The van der Waals surface area contributed by atoms with E-state index in [0.717, 1.165) is 12.1 Å². The molecule has 0 aliphatic rings. The molecule has 0 bridgehead atoms. The van der Waals surface area contributed by atoms with E-state index in [2.05, 4.69) is 0 Å². The van der Waals surface area contributed by atoms with Crippen LogP contribution in [0.25, 0.3) is 10.8 Å². The average Bonchev–Trinajstić information content (AvgIpc) is 2.12. The Morgan fingerprint density at radius 1 is 0.923 bits per heavy atom. The lowest BCUT2D eigenvalue weighted by Crippen LogP contribution is -1.84. The molecule has 0 spiro atoms. The number of halogens is 2. The maximum atomic E-state index is 13.1. The zero-order valence-electron chi connectivity index (χ0n) is 6.59. The molecule has 0 amide bonds. The number of aromatic hydroxyl groups is 1. The second-order valence-corrected chi connectivity index (χ2v) is 2.73. The lowest BCUT2D eigenvalue weighted by atomic mass is 10.1. The average molecular weight is 180 g/mol. The third kappa shape index (κ3) is 1.13. The summed E-state index contributed by atoms with van der Waals surface area (Å²) in [5, 5.41) is 9.32. The molecule has 0 aromatic heterocycles. The van der Waals surface area contributed by atoms with Crippen molar-refractivity contribution in [3.05, 3.63) is 42.0 Å². The van der Waals surface area contributed by atoms with Gasteiger partial charge in [-0.1, -0.05) is 12.1 Å². The molecule has 13 heavy (non-hydrogen) atoms. The van der Waals surface area contributed by atoms with Crippen LogP contribution in [0, 0.1) is 11.6 Å². The molecule has 1 N–H and O–H groups in total. The van der Waals surface area contributed by atoms with Crippen LogP contribution in [0.4, 0.5) is 8.78 Å². The van der Waals surface area contributed by atoms with Crippen molar-refractivity contribution in [1.82, 2.24) is 0 Å². The Kier molecular flexibility index (Phi) is 1.65. The van der Waals surface area contributed by atoms with Crippen molar-refractivity contribution >= 4 is 10.8 Å². The molecule has 0 radical (unpaired) electrons. The molecule has 3 heteroatoms. The van der Waals surface area contributed by atoms with Gasteiger partial charge in [0.2, 0.25) is 0 Å². The highest BCUT2D eigenvalue weighted by molar-refractivity contribution is 5.88. The van der Waals surface area contributed by atoms with E-state index in [-0.39, 0.29) is 16.5 Å². The van der Waals surface area contributed by atoms with Crippen LogP contribution in [0.1, 0.15) is 0 Å². The first-order valence-corrected chi connectivity index (χ1v) is 3.76. The Labute approximate surface area is 73.2 Å². The van der Waals surface area contributed by atoms with Gasteiger partial charge in [0.25, 0.3) is 0 Å². The molecule has 0 saturated carbocycles. The van der Waals surface area contributed by atoms with Gasteiger partial charge in [-0.05, 0) is 18.2 Å². The topological polar surface area (TPSA) is 20.2 Å². The molecule has 0 saturated heterocycles. The van der Waals surface area contributed by atoms with Gasteiger partial charge >= 0.3 is 0 Å². The van der Waals surface area contributed by atoms with E-state index in [1.807, 2.05) is 0 Å². The lowest BCUT2D eigenvalue weighted by Gasteiger charge is -2.02. The number of phenols is 1. The third-order valence-corrected chi connectivity index (χ3v) is 1.92. The molecule has 1 nitrogen and oxygen atoms in total. The summed E-state index contributed by atoms with van der Waals surface area (Å²) in [7, 11) is 0. The van der Waals surface area contributed by atoms with E-state index in [1.54, 1.807) is 0 Å². The maximum Gasteiger partial charge on any atom is 0.134 e. The predicted octanol–water partition coefficient (Wildman–Crippen LogP) is 2.82. The first kappa shape index (κ1) is 7.98. The van der Waals surface area contributed by atoms with Crippen LogP contribution < -0.4 is 0 Å². The number of phenolic OH excluding ortho intramolecular Hbond substituents is 1. The largest absolute Gasteiger partial charge is 0.507 e. The SMILES string of the molecule is Oc1ccc(F)c2c(F)cccc12. The highest BCUT2D eigenvalue weighted by atomic mass is 19.1. The number of rotatable bonds is 0. The first-order chi connectivity index (χ1) is 6.20. The number of benzene rings is 2. The van der Waals surface area contributed by atoms with Gasteiger partial charge in [0.15, 0.2) is 0 Å². The Morgan fingerprint density at radius 2 is 1.62 bits per heavy atom. The number of fused-ring (bicyclic) bond motifs is 1. The molecule has 0 aliphatic carbocycles. The Hall–Kier alpha value is -1.64. The van der Waals surface area contributed by atoms with Gasteiger partial charge in [0, 0.05) is 5.39 Å². The molecular weight excluding hydrogens is 174 g/mol. The number of hydrogen-bond acceptors (Lipinski definition) is 1. The fourth-order valence-electron chi connectivity index (χ4n) is 1.31. The van der Waals surface area contributed by atoms with Crippen LogP contribution in [-0.4, -0.2) is 5.11 Å². The van der Waals surface area contributed by atoms with Crippen molar-refractivity contribution in [3.63, 3.8) is 0 Å². The van der Waals surface area contributed by atoms with E-state index >= 15 is 0 Å². The van der Waals surface area contributed by atoms with Crippen molar-refractivity contribution in [1.29, 1.82) is 0 Å². The lowest BCUT2D eigenvalue weighted by molar-refractivity contribution is 0.479. The van der Waals surface area contributed by atoms with E-state index in [9.17, 15) is 13.9 Å². The summed E-state index contributed by atoms with van der Waals surface area (Å²) in [5.74, 6) is -1.44. The minimum Gasteiger partial charge on any atom is -0.507 e. The van der Waals surface area contributed by atoms with Gasteiger partial charge in [0.1, 0.15) is 17.4 Å². The summed E-state index contributed by atoms with van der Waals surface area (Å²) in [6.07, 6.45) is 0. The molecule has 66 valence electrons. The Bertz CT molecular complexity index is 457. The van der Waals surface area contributed by atoms with Crippen LogP contribution in [-0.2, 0) is 0 Å². The quantitative estimate of drug-likeness (QED) is 0.660. The summed E-state index contributed by atoms with van der Waals surface area (Å²) < 4.78 is 26.2. The highest BCUT2D eigenvalue weighted by Gasteiger charge is 2.08. The van der Waals surface area contributed by atoms with E-state index in [0.29, 0.717) is 0 Å². The molecule has 0 atom stereocenters. The highest BCUT2D eigenvalue weighted by Crippen LogP contribution is 2.28. The minimum absolute atomic E-state index is 0.115. The van der Waals surface area contributed by atoms with E-state index < -0.39 is 11.6 Å². The molecule has 0 unspecified atom stereocenters. The Balaban J connectivity index is 3.00. The molecule has 2 aromatic rings. The summed E-state index contributed by atoms with van der Waals surface area (Å²) in [4.78, 5) is 0. The van der Waals surface area contributed by atoms with E-state index in [1.165, 1.54) is 18.2 Å². The monoisotopic (exact) mass is 180 g/mol. The van der Waals surface area contributed by atoms with Gasteiger partial charge in [-0.2, -0.15) is 0 Å². The van der Waals surface area contributed by atoms with Crippen LogP contribution in [0.5, 0.6) is 5.75 Å². The fraction of sp³-hybridized carbons (Fsp3) is 0. The van der Waals surface area contributed by atoms with Crippen molar-refractivity contribution < 1.29 is 13.9 Å². The molecule has 2 rings (SSSR count). The Morgan fingerprint density at radius 3 is 2.31 bits per heavy atom. The summed E-state index contributed by atoms with van der Waals surface area (Å²) in [5.41, 5.74) is 0. The zero-order chi connectivity index (χ0) is 9.42. The molecular formula is C10H6F2O. The van der Waals surface area contributed by atoms with Gasteiger partial charge in [-0.25, -0.2) is 8.78 Å². The molecule has 2 aromatic carbocycles. The smallest absolute Gasteiger partial charge is 0.134 e. The fourth-order valence-corrected chi connectivity index (χ4v) is 1.31. The van der Waals surface area contributed by atoms with Crippen molar-refractivity contribution in [2.24, 2.45) is 0 Å². The van der Waals surface area contributed by atoms with Gasteiger partial charge < -0.3 is 5.11 Å². The van der Waals surface area contributed by atoms with Crippen molar-refractivity contribution in [3.8, 4) is 5.75 Å². The van der Waals surface area contributed by atoms with Crippen molar-refractivity contribution in [2.75, 3.05) is 0 Å². The van der Waals surface area contributed by atoms with Gasteiger partial charge in [-0.15, -0.1) is 0 Å². The second-order valence-electron chi connectivity index (χ2n) is 2.73. The molecule has 0 heterocycles. The van der Waals surface area contributed by atoms with Crippen LogP contribution in [0.3, 0.4) is 0 Å². The molecule has 0 fully saturated rings. The van der Waals surface area contributed by atoms with Crippen LogP contribution in [0.15, 0.2) is 30.3 Å². The molecule has 0 aliphatic heterocycles. The predicted molar refractivity (Wildman–Crippen MR) is 45.5 cm³/mol. The summed E-state index contributed by atoms with van der Waals surface area (Å²) >= 11 is 0. The van der Waals surface area contributed by atoms with Crippen LogP contribution >= 0.6 is 0 Å². The number of hydrogen-bond donors (Lipinski definition) is 1. The third-order valence-electron chi connectivity index (χ3n) is 1.92. The van der Waals surface area contributed by atoms with Gasteiger partial charge in [-0.3, -0.25) is 0 Å². The normalized spacial score (nSPS) is 10.6. The maximum absolute atomic E-state index is 13.1. The summed E-state index contributed by atoms with van der Waals surface area (Å²) in [6, 6.07) is 6.30. The standard InChI is InChI=1S/C10H6F2O/c11-7-3-1-2-6-9(13)5-4-8(12)10(6)7/h1-5,13H. The zero-order valence-corrected chi connectivity index (χ0v) is 6.59. The second kappa shape index (κ2) is 2.69. The van der Waals surface area contributed by atoms with E-state index in [4.69, 9.17) is 0 Å². The van der Waals surface area contributed by atoms with Crippen LogP contribution in [0.2, 0.25) is 0 Å². The minimum atomic E-state index is -0.661.